The molecule has 0 aromatic carbocycles. The number of aryl methyl sites for hydroxylation is 2. The lowest BCUT2D eigenvalue weighted by atomic mass is 9.98. The van der Waals surface area contributed by atoms with Gasteiger partial charge in [-0.2, -0.15) is 10.4 Å². The van der Waals surface area contributed by atoms with Crippen LogP contribution in [0.4, 0.5) is 0 Å². The quantitative estimate of drug-likeness (QED) is 0.793. The highest BCUT2D eigenvalue weighted by Crippen LogP contribution is 2.11. The molecule has 82 valence electrons. The predicted molar refractivity (Wildman–Crippen MR) is 59.3 cm³/mol. The zero-order valence-electron chi connectivity index (χ0n) is 9.62. The summed E-state index contributed by atoms with van der Waals surface area (Å²) in [6.07, 6.45) is 5.65. The molecule has 4 nitrogen and oxygen atoms in total. The van der Waals surface area contributed by atoms with E-state index in [0.29, 0.717) is 0 Å². The Morgan fingerprint density at radius 3 is 2.87 bits per heavy atom. The van der Waals surface area contributed by atoms with Gasteiger partial charge in [-0.15, -0.1) is 0 Å². The van der Waals surface area contributed by atoms with E-state index in [1.165, 1.54) is 5.56 Å². The topological polar surface area (TPSA) is 53.6 Å². The lowest BCUT2D eigenvalue weighted by Gasteiger charge is -2.20. The van der Waals surface area contributed by atoms with Gasteiger partial charge in [0, 0.05) is 12.7 Å². The fraction of sp³-hybridized carbons (Fsp3) is 0.636. The lowest BCUT2D eigenvalue weighted by Crippen LogP contribution is -2.38. The molecule has 1 aromatic rings. The third-order valence-electron chi connectivity index (χ3n) is 2.62. The van der Waals surface area contributed by atoms with Crippen molar-refractivity contribution in [1.82, 2.24) is 15.1 Å². The first kappa shape index (κ1) is 11.7. The van der Waals surface area contributed by atoms with Gasteiger partial charge >= 0.3 is 0 Å². The van der Waals surface area contributed by atoms with Crippen molar-refractivity contribution < 1.29 is 0 Å². The lowest BCUT2D eigenvalue weighted by molar-refractivity contribution is 0.415. The first-order valence-electron chi connectivity index (χ1n) is 5.19. The second-order valence-electron chi connectivity index (χ2n) is 4.08. The van der Waals surface area contributed by atoms with Gasteiger partial charge in [0.25, 0.3) is 0 Å². The summed E-state index contributed by atoms with van der Waals surface area (Å²) in [5.41, 5.74) is 0.758. The van der Waals surface area contributed by atoms with Gasteiger partial charge in [-0.05, 0) is 39.3 Å². The summed E-state index contributed by atoms with van der Waals surface area (Å²) in [5.74, 6) is 0. The standard InChI is InChI=1S/C11H18N4/c1-10-7-14-15(8-10)6-4-5-11(2,9-12)13-3/h7-8,13H,4-6H2,1-3H3. The van der Waals surface area contributed by atoms with E-state index in [2.05, 4.69) is 16.5 Å². The van der Waals surface area contributed by atoms with Crippen molar-refractivity contribution in [2.75, 3.05) is 7.05 Å². The van der Waals surface area contributed by atoms with Gasteiger partial charge in [0.15, 0.2) is 0 Å². The molecule has 0 aliphatic heterocycles. The molecule has 1 atom stereocenters. The second kappa shape index (κ2) is 4.94. The molecule has 1 aromatic heterocycles. The number of nitrogens with one attached hydrogen (secondary N) is 1. The summed E-state index contributed by atoms with van der Waals surface area (Å²) in [5, 5.41) is 16.2. The van der Waals surface area contributed by atoms with Gasteiger partial charge in [-0.3, -0.25) is 4.68 Å². The largest absolute Gasteiger partial charge is 0.303 e. The molecule has 1 rings (SSSR count). The molecule has 0 spiro atoms. The fourth-order valence-corrected chi connectivity index (χ4v) is 1.42. The van der Waals surface area contributed by atoms with Crippen LogP contribution in [0, 0.1) is 18.3 Å². The minimum absolute atomic E-state index is 0.414. The highest BCUT2D eigenvalue weighted by Gasteiger charge is 2.19. The number of nitriles is 1. The molecule has 0 bridgehead atoms. The van der Waals surface area contributed by atoms with E-state index < -0.39 is 5.54 Å². The van der Waals surface area contributed by atoms with Gasteiger partial charge in [-0.25, -0.2) is 0 Å². The minimum atomic E-state index is -0.414. The van der Waals surface area contributed by atoms with Crippen LogP contribution >= 0.6 is 0 Å². The zero-order valence-corrected chi connectivity index (χ0v) is 9.62. The summed E-state index contributed by atoms with van der Waals surface area (Å²) < 4.78 is 1.92. The van der Waals surface area contributed by atoms with E-state index in [1.807, 2.05) is 38.0 Å². The SMILES string of the molecule is CNC(C)(C#N)CCCn1cc(C)cn1. The van der Waals surface area contributed by atoms with Crippen LogP contribution in [0.3, 0.4) is 0 Å². The third kappa shape index (κ3) is 3.37. The maximum atomic E-state index is 8.95. The van der Waals surface area contributed by atoms with Gasteiger partial charge in [0.2, 0.25) is 0 Å². The Balaban J connectivity index is 2.37. The average Bonchev–Trinajstić information content (AvgIpc) is 2.64. The van der Waals surface area contributed by atoms with Crippen molar-refractivity contribution in [3.05, 3.63) is 18.0 Å². The van der Waals surface area contributed by atoms with E-state index in [9.17, 15) is 0 Å². The van der Waals surface area contributed by atoms with Crippen LogP contribution in [0.25, 0.3) is 0 Å². The molecule has 0 saturated carbocycles. The van der Waals surface area contributed by atoms with Crippen LogP contribution in [0.2, 0.25) is 0 Å². The van der Waals surface area contributed by atoms with Crippen molar-refractivity contribution in [1.29, 1.82) is 5.26 Å². The highest BCUT2D eigenvalue weighted by atomic mass is 15.3. The Morgan fingerprint density at radius 1 is 1.67 bits per heavy atom. The zero-order chi connectivity index (χ0) is 11.3. The molecule has 0 amide bonds. The Hall–Kier alpha value is -1.34. The first-order valence-corrected chi connectivity index (χ1v) is 5.19. The number of rotatable bonds is 5. The summed E-state index contributed by atoms with van der Waals surface area (Å²) in [4.78, 5) is 0. The van der Waals surface area contributed by atoms with Gasteiger partial charge in [0.1, 0.15) is 5.54 Å². The molecule has 1 heterocycles. The summed E-state index contributed by atoms with van der Waals surface area (Å²) >= 11 is 0. The molecule has 0 saturated heterocycles. The van der Waals surface area contributed by atoms with E-state index in [-0.39, 0.29) is 0 Å². The molecule has 15 heavy (non-hydrogen) atoms. The van der Waals surface area contributed by atoms with Crippen LogP contribution < -0.4 is 5.32 Å². The third-order valence-corrected chi connectivity index (χ3v) is 2.62. The molecular formula is C11H18N4. The molecule has 0 fully saturated rings. The van der Waals surface area contributed by atoms with Crippen LogP contribution in [0.5, 0.6) is 0 Å². The van der Waals surface area contributed by atoms with Gasteiger partial charge in [0.05, 0.1) is 12.3 Å². The van der Waals surface area contributed by atoms with Crippen molar-refractivity contribution >= 4 is 0 Å². The monoisotopic (exact) mass is 206 g/mol. The Kier molecular flexibility index (Phi) is 3.87. The molecule has 1 unspecified atom stereocenters. The number of hydrogen-bond donors (Lipinski definition) is 1. The molecule has 4 heteroatoms. The van der Waals surface area contributed by atoms with E-state index in [4.69, 9.17) is 5.26 Å². The van der Waals surface area contributed by atoms with E-state index >= 15 is 0 Å². The number of aromatic nitrogens is 2. The Morgan fingerprint density at radius 2 is 2.40 bits per heavy atom. The number of nitrogens with zero attached hydrogens (tertiary/aromatic N) is 3. The van der Waals surface area contributed by atoms with E-state index in [1.54, 1.807) is 0 Å². The van der Waals surface area contributed by atoms with Crippen molar-refractivity contribution in [3.63, 3.8) is 0 Å². The smallest absolute Gasteiger partial charge is 0.103 e. The van der Waals surface area contributed by atoms with Crippen molar-refractivity contribution in [2.24, 2.45) is 0 Å². The first-order chi connectivity index (χ1) is 7.09. The second-order valence-corrected chi connectivity index (χ2v) is 4.08. The average molecular weight is 206 g/mol. The normalized spacial score (nSPS) is 14.5. The van der Waals surface area contributed by atoms with Crippen molar-refractivity contribution in [3.8, 4) is 6.07 Å². The number of hydrogen-bond acceptors (Lipinski definition) is 3. The van der Waals surface area contributed by atoms with Crippen molar-refractivity contribution in [2.45, 2.75) is 38.8 Å². The summed E-state index contributed by atoms with van der Waals surface area (Å²) in [7, 11) is 1.82. The maximum Gasteiger partial charge on any atom is 0.103 e. The highest BCUT2D eigenvalue weighted by molar-refractivity contribution is 5.03. The van der Waals surface area contributed by atoms with E-state index in [0.717, 1.165) is 19.4 Å². The minimum Gasteiger partial charge on any atom is -0.303 e. The molecule has 0 aliphatic rings. The molecule has 1 N–H and O–H groups in total. The van der Waals surface area contributed by atoms with Gasteiger partial charge in [-0.1, -0.05) is 0 Å². The van der Waals surface area contributed by atoms with Crippen LogP contribution in [0.15, 0.2) is 12.4 Å². The Labute approximate surface area is 90.9 Å². The summed E-state index contributed by atoms with van der Waals surface area (Å²) in [6.45, 7) is 4.81. The fourth-order valence-electron chi connectivity index (χ4n) is 1.42. The summed E-state index contributed by atoms with van der Waals surface area (Å²) in [6, 6.07) is 2.28. The van der Waals surface area contributed by atoms with Gasteiger partial charge < -0.3 is 5.32 Å². The molecule has 0 radical (unpaired) electrons. The molecule has 0 aliphatic carbocycles. The van der Waals surface area contributed by atoms with Crippen LogP contribution in [-0.2, 0) is 6.54 Å². The maximum absolute atomic E-state index is 8.95. The van der Waals surface area contributed by atoms with Crippen LogP contribution in [-0.4, -0.2) is 22.4 Å². The Bertz CT molecular complexity index is 350. The molecular weight excluding hydrogens is 188 g/mol. The van der Waals surface area contributed by atoms with Crippen LogP contribution in [0.1, 0.15) is 25.3 Å². The predicted octanol–water partition coefficient (Wildman–Crippen LogP) is 1.47.